The summed E-state index contributed by atoms with van der Waals surface area (Å²) in [6.07, 6.45) is -5.15. The lowest BCUT2D eigenvalue weighted by Crippen LogP contribution is -2.33. The Bertz CT molecular complexity index is 953. The molecule has 0 saturated heterocycles. The van der Waals surface area contributed by atoms with Gasteiger partial charge in [-0.15, -0.1) is 0 Å². The number of alkyl halides is 3. The van der Waals surface area contributed by atoms with Crippen molar-refractivity contribution in [3.63, 3.8) is 0 Å². The van der Waals surface area contributed by atoms with Crippen molar-refractivity contribution in [1.29, 1.82) is 0 Å². The van der Waals surface area contributed by atoms with E-state index in [0.717, 1.165) is 16.8 Å². The van der Waals surface area contributed by atoms with E-state index in [9.17, 15) is 18.0 Å². The minimum absolute atomic E-state index is 0.282. The number of nitrogens with one attached hydrogen (secondary N) is 1. The zero-order valence-electron chi connectivity index (χ0n) is 14.6. The largest absolute Gasteiger partial charge is 0.481 e. The fraction of sp³-hybridized carbons (Fsp3) is 0.190. The van der Waals surface area contributed by atoms with Gasteiger partial charge in [0.25, 0.3) is 5.91 Å². The summed E-state index contributed by atoms with van der Waals surface area (Å²) < 4.78 is 45.0. The van der Waals surface area contributed by atoms with Gasteiger partial charge in [0.2, 0.25) is 0 Å². The predicted molar refractivity (Wildman–Crippen MR) is 98.7 cm³/mol. The first kappa shape index (κ1) is 18.8. The van der Waals surface area contributed by atoms with Gasteiger partial charge in [-0.3, -0.25) is 4.79 Å². The number of amides is 1. The monoisotopic (exact) mass is 373 g/mol. The number of carbonyl (C=O) groups is 1. The van der Waals surface area contributed by atoms with Gasteiger partial charge < -0.3 is 10.1 Å². The molecule has 0 bridgehead atoms. The quantitative estimate of drug-likeness (QED) is 0.627. The van der Waals surface area contributed by atoms with Gasteiger partial charge in [-0.05, 0) is 41.5 Å². The van der Waals surface area contributed by atoms with Gasteiger partial charge in [-0.25, -0.2) is 0 Å². The lowest BCUT2D eigenvalue weighted by atomic mass is 10.1. The Morgan fingerprint density at radius 1 is 1.00 bits per heavy atom. The summed E-state index contributed by atoms with van der Waals surface area (Å²) in [6, 6.07) is 18.0. The molecule has 27 heavy (non-hydrogen) atoms. The molecule has 0 aromatic heterocycles. The van der Waals surface area contributed by atoms with Crippen LogP contribution < -0.4 is 10.1 Å². The van der Waals surface area contributed by atoms with Crippen LogP contribution in [0.25, 0.3) is 10.8 Å². The molecule has 3 aromatic rings. The molecule has 3 nitrogen and oxygen atoms in total. The molecular weight excluding hydrogens is 355 g/mol. The molecule has 6 heteroatoms. The van der Waals surface area contributed by atoms with Gasteiger partial charge in [0.1, 0.15) is 5.75 Å². The lowest BCUT2D eigenvalue weighted by Gasteiger charge is -2.19. The highest BCUT2D eigenvalue weighted by Gasteiger charge is 2.34. The van der Waals surface area contributed by atoms with E-state index in [0.29, 0.717) is 12.2 Å². The standard InChI is InChI=1S/C21H18F3NO2/c1-2-19(27-16-12-11-14-7-3-4-8-15(14)13-16)20(26)25-18-10-6-5-9-17(18)21(22,23)24/h3-13,19H,2H2,1H3,(H,25,26)/t19-/m0/s1. The topological polar surface area (TPSA) is 38.3 Å². The normalized spacial score (nSPS) is 12.6. The molecule has 0 spiro atoms. The van der Waals surface area contributed by atoms with E-state index in [2.05, 4.69) is 5.32 Å². The molecule has 3 rings (SSSR count). The summed E-state index contributed by atoms with van der Waals surface area (Å²) in [5, 5.41) is 4.32. The number of hydrogen-bond acceptors (Lipinski definition) is 2. The number of anilines is 1. The van der Waals surface area contributed by atoms with E-state index in [1.54, 1.807) is 19.1 Å². The second kappa shape index (κ2) is 7.70. The number of ether oxygens (including phenoxy) is 1. The second-order valence-electron chi connectivity index (χ2n) is 6.06. The average molecular weight is 373 g/mol. The Morgan fingerprint density at radius 2 is 1.67 bits per heavy atom. The van der Waals surface area contributed by atoms with Crippen LogP contribution in [-0.4, -0.2) is 12.0 Å². The van der Waals surface area contributed by atoms with Crippen LogP contribution in [0.5, 0.6) is 5.75 Å². The fourth-order valence-electron chi connectivity index (χ4n) is 2.78. The summed E-state index contributed by atoms with van der Waals surface area (Å²) in [5.74, 6) is -0.137. The van der Waals surface area contributed by atoms with Gasteiger partial charge >= 0.3 is 6.18 Å². The number of rotatable bonds is 5. The Morgan fingerprint density at radius 3 is 2.37 bits per heavy atom. The van der Waals surface area contributed by atoms with Gasteiger partial charge in [-0.2, -0.15) is 13.2 Å². The third-order valence-corrected chi connectivity index (χ3v) is 4.15. The molecule has 0 radical (unpaired) electrons. The summed E-state index contributed by atoms with van der Waals surface area (Å²) >= 11 is 0. The minimum Gasteiger partial charge on any atom is -0.481 e. The van der Waals surface area contributed by atoms with E-state index >= 15 is 0 Å². The third-order valence-electron chi connectivity index (χ3n) is 4.15. The molecular formula is C21H18F3NO2. The van der Waals surface area contributed by atoms with E-state index < -0.39 is 23.8 Å². The van der Waals surface area contributed by atoms with Crippen LogP contribution in [-0.2, 0) is 11.0 Å². The smallest absolute Gasteiger partial charge is 0.418 e. The predicted octanol–water partition coefficient (Wildman–Crippen LogP) is 5.65. The summed E-state index contributed by atoms with van der Waals surface area (Å²) in [4.78, 5) is 12.5. The molecule has 3 aromatic carbocycles. The number of fused-ring (bicyclic) bond motifs is 1. The summed E-state index contributed by atoms with van der Waals surface area (Å²) in [5.41, 5.74) is -1.17. The average Bonchev–Trinajstić information content (AvgIpc) is 2.65. The Kier molecular flexibility index (Phi) is 5.35. The lowest BCUT2D eigenvalue weighted by molar-refractivity contribution is -0.137. The number of halogens is 3. The van der Waals surface area contributed by atoms with E-state index in [1.165, 1.54) is 18.2 Å². The first-order valence-electron chi connectivity index (χ1n) is 8.51. The van der Waals surface area contributed by atoms with Crippen LogP contribution in [0.2, 0.25) is 0 Å². The van der Waals surface area contributed by atoms with Gasteiger partial charge in [0.05, 0.1) is 11.3 Å². The molecule has 1 atom stereocenters. The molecule has 0 unspecified atom stereocenters. The number of para-hydroxylation sites is 1. The van der Waals surface area contributed by atoms with Crippen LogP contribution in [0.1, 0.15) is 18.9 Å². The highest BCUT2D eigenvalue weighted by atomic mass is 19.4. The fourth-order valence-corrected chi connectivity index (χ4v) is 2.78. The second-order valence-corrected chi connectivity index (χ2v) is 6.06. The summed E-state index contributed by atoms with van der Waals surface area (Å²) in [6.45, 7) is 1.74. The van der Waals surface area contributed by atoms with Crippen LogP contribution in [0.4, 0.5) is 18.9 Å². The van der Waals surface area contributed by atoms with Crippen molar-refractivity contribution in [2.75, 3.05) is 5.32 Å². The molecule has 140 valence electrons. The zero-order valence-corrected chi connectivity index (χ0v) is 14.6. The van der Waals surface area contributed by atoms with Crippen LogP contribution >= 0.6 is 0 Å². The molecule has 0 heterocycles. The summed E-state index contributed by atoms with van der Waals surface area (Å²) in [7, 11) is 0. The molecule has 0 fully saturated rings. The number of benzene rings is 3. The van der Waals surface area contributed by atoms with Crippen molar-refractivity contribution in [3.05, 3.63) is 72.3 Å². The molecule has 0 aliphatic heterocycles. The minimum atomic E-state index is -4.55. The van der Waals surface area contributed by atoms with E-state index in [4.69, 9.17) is 4.74 Å². The maximum absolute atomic E-state index is 13.1. The molecule has 1 amide bonds. The maximum atomic E-state index is 13.1. The maximum Gasteiger partial charge on any atom is 0.418 e. The first-order chi connectivity index (χ1) is 12.9. The van der Waals surface area contributed by atoms with E-state index in [-0.39, 0.29) is 5.69 Å². The number of hydrogen-bond donors (Lipinski definition) is 1. The Labute approximate surface area is 154 Å². The van der Waals surface area contributed by atoms with Crippen molar-refractivity contribution < 1.29 is 22.7 Å². The molecule has 1 N–H and O–H groups in total. The van der Waals surface area contributed by atoms with Crippen molar-refractivity contribution in [1.82, 2.24) is 0 Å². The SMILES string of the molecule is CC[C@H](Oc1ccc2ccccc2c1)C(=O)Nc1ccccc1C(F)(F)F. The van der Waals surface area contributed by atoms with Crippen molar-refractivity contribution in [3.8, 4) is 5.75 Å². The van der Waals surface area contributed by atoms with Crippen LogP contribution in [0, 0.1) is 0 Å². The van der Waals surface area contributed by atoms with Crippen molar-refractivity contribution >= 4 is 22.4 Å². The van der Waals surface area contributed by atoms with Crippen molar-refractivity contribution in [2.45, 2.75) is 25.6 Å². The first-order valence-corrected chi connectivity index (χ1v) is 8.51. The molecule has 0 aliphatic carbocycles. The third kappa shape index (κ3) is 4.39. The zero-order chi connectivity index (χ0) is 19.4. The Balaban J connectivity index is 1.78. The Hall–Kier alpha value is -3.02. The van der Waals surface area contributed by atoms with Crippen LogP contribution in [0.15, 0.2) is 66.7 Å². The highest BCUT2D eigenvalue weighted by Crippen LogP contribution is 2.34. The van der Waals surface area contributed by atoms with Crippen LogP contribution in [0.3, 0.4) is 0 Å². The van der Waals surface area contributed by atoms with Crippen molar-refractivity contribution in [2.24, 2.45) is 0 Å². The van der Waals surface area contributed by atoms with Gasteiger partial charge in [0.15, 0.2) is 6.10 Å². The number of carbonyl (C=O) groups excluding carboxylic acids is 1. The highest BCUT2D eigenvalue weighted by molar-refractivity contribution is 5.95. The van der Waals surface area contributed by atoms with Gasteiger partial charge in [-0.1, -0.05) is 49.4 Å². The van der Waals surface area contributed by atoms with E-state index in [1.807, 2.05) is 30.3 Å². The van der Waals surface area contributed by atoms with Gasteiger partial charge in [0, 0.05) is 0 Å². The molecule has 0 saturated carbocycles. The molecule has 0 aliphatic rings.